The molecule has 1 saturated carbocycles. The van der Waals surface area contributed by atoms with Crippen molar-refractivity contribution in [3.8, 4) is 0 Å². The van der Waals surface area contributed by atoms with E-state index in [0.29, 0.717) is 12.5 Å². The number of hydrogen-bond donors (Lipinski definition) is 0. The monoisotopic (exact) mass is 218 g/mol. The van der Waals surface area contributed by atoms with Crippen LogP contribution in [0, 0.1) is 0 Å². The predicted molar refractivity (Wildman–Crippen MR) is 65.3 cm³/mol. The SMILES string of the molecule is CC.CC(=O)CC12CC1N=C1C=CC=CN12. The predicted octanol–water partition coefficient (Wildman–Crippen LogP) is 2.30. The van der Waals surface area contributed by atoms with E-state index in [1.165, 1.54) is 0 Å². The highest BCUT2D eigenvalue weighted by atomic mass is 16.1. The standard InChI is InChI=1S/C11H12N2O.C2H6/c1-8(14)6-11-7-9(11)12-10-4-2-3-5-13(10)11;1-2/h2-5,9H,6-7H2,1H3;1-2H3. The van der Waals surface area contributed by atoms with Crippen molar-refractivity contribution in [1.82, 2.24) is 4.90 Å². The number of carbonyl (C=O) groups excluding carboxylic acids is 1. The highest BCUT2D eigenvalue weighted by Gasteiger charge is 2.63. The molecule has 2 unspecified atom stereocenters. The molecule has 3 heteroatoms. The number of nitrogens with zero attached hydrogens (tertiary/aromatic N) is 2. The fourth-order valence-electron chi connectivity index (χ4n) is 2.48. The number of hydrogen-bond acceptors (Lipinski definition) is 3. The number of rotatable bonds is 2. The van der Waals surface area contributed by atoms with E-state index in [4.69, 9.17) is 0 Å². The number of Topliss-reactive ketones (excluding diaryl/α,β-unsaturated/α-hetero) is 1. The Labute approximate surface area is 96.5 Å². The number of aliphatic imine (C=N–C) groups is 1. The summed E-state index contributed by atoms with van der Waals surface area (Å²) >= 11 is 0. The first-order chi connectivity index (χ1) is 7.72. The molecule has 86 valence electrons. The molecule has 3 aliphatic rings. The maximum Gasteiger partial charge on any atom is 0.132 e. The normalized spacial score (nSPS) is 32.3. The largest absolute Gasteiger partial charge is 0.325 e. The summed E-state index contributed by atoms with van der Waals surface area (Å²) in [4.78, 5) is 17.9. The van der Waals surface area contributed by atoms with E-state index in [-0.39, 0.29) is 11.3 Å². The Morgan fingerprint density at radius 2 is 2.31 bits per heavy atom. The molecule has 2 atom stereocenters. The average molecular weight is 218 g/mol. The van der Waals surface area contributed by atoms with Crippen LogP contribution in [0.1, 0.15) is 33.6 Å². The third-order valence-electron chi connectivity index (χ3n) is 3.17. The second-order valence-corrected chi connectivity index (χ2v) is 4.26. The first-order valence-electron chi connectivity index (χ1n) is 5.94. The maximum absolute atomic E-state index is 11.2. The Kier molecular flexibility index (Phi) is 2.70. The van der Waals surface area contributed by atoms with Crippen LogP contribution in [0.2, 0.25) is 0 Å². The zero-order chi connectivity index (χ0) is 11.8. The van der Waals surface area contributed by atoms with Gasteiger partial charge in [0.2, 0.25) is 0 Å². The number of amidine groups is 1. The molecule has 0 spiro atoms. The van der Waals surface area contributed by atoms with E-state index in [1.807, 2.05) is 38.3 Å². The van der Waals surface area contributed by atoms with Crippen LogP contribution in [-0.4, -0.2) is 28.1 Å². The molecule has 0 N–H and O–H groups in total. The molecule has 0 aromatic rings. The molecule has 1 aliphatic carbocycles. The first-order valence-corrected chi connectivity index (χ1v) is 5.94. The van der Waals surface area contributed by atoms with Crippen molar-refractivity contribution in [1.29, 1.82) is 0 Å². The highest BCUT2D eigenvalue weighted by molar-refractivity contribution is 5.99. The van der Waals surface area contributed by atoms with Crippen LogP contribution < -0.4 is 0 Å². The van der Waals surface area contributed by atoms with Gasteiger partial charge in [-0.1, -0.05) is 19.9 Å². The number of fused-ring (bicyclic) bond motifs is 3. The minimum Gasteiger partial charge on any atom is -0.325 e. The third-order valence-corrected chi connectivity index (χ3v) is 3.17. The second kappa shape index (κ2) is 3.89. The minimum atomic E-state index is 0.0163. The van der Waals surface area contributed by atoms with Crippen molar-refractivity contribution >= 4 is 11.6 Å². The van der Waals surface area contributed by atoms with Crippen LogP contribution in [0.25, 0.3) is 0 Å². The van der Waals surface area contributed by atoms with Crippen molar-refractivity contribution in [3.63, 3.8) is 0 Å². The molecule has 0 aromatic carbocycles. The van der Waals surface area contributed by atoms with Crippen LogP contribution in [0.15, 0.2) is 29.4 Å². The van der Waals surface area contributed by atoms with Crippen LogP contribution >= 0.6 is 0 Å². The fraction of sp³-hybridized carbons (Fsp3) is 0.538. The second-order valence-electron chi connectivity index (χ2n) is 4.26. The Bertz CT molecular complexity index is 395. The zero-order valence-electron chi connectivity index (χ0n) is 10.1. The van der Waals surface area contributed by atoms with Gasteiger partial charge in [-0.2, -0.15) is 0 Å². The van der Waals surface area contributed by atoms with Gasteiger partial charge in [0.1, 0.15) is 11.6 Å². The lowest BCUT2D eigenvalue weighted by atomic mass is 10.1. The third kappa shape index (κ3) is 1.51. The van der Waals surface area contributed by atoms with Gasteiger partial charge < -0.3 is 4.90 Å². The van der Waals surface area contributed by atoms with Gasteiger partial charge in [-0.25, -0.2) is 0 Å². The van der Waals surface area contributed by atoms with E-state index < -0.39 is 0 Å². The lowest BCUT2D eigenvalue weighted by Crippen LogP contribution is -2.37. The van der Waals surface area contributed by atoms with Gasteiger partial charge in [-0.3, -0.25) is 9.79 Å². The summed E-state index contributed by atoms with van der Waals surface area (Å²) in [6.07, 6.45) is 9.70. The molecule has 0 bridgehead atoms. The first kappa shape index (κ1) is 11.1. The fourth-order valence-corrected chi connectivity index (χ4v) is 2.48. The smallest absolute Gasteiger partial charge is 0.132 e. The maximum atomic E-state index is 11.2. The molecule has 2 heterocycles. The van der Waals surface area contributed by atoms with E-state index >= 15 is 0 Å². The molecule has 16 heavy (non-hydrogen) atoms. The number of allylic oxidation sites excluding steroid dienone is 2. The van der Waals surface area contributed by atoms with Gasteiger partial charge in [0, 0.05) is 12.6 Å². The molecule has 2 aliphatic heterocycles. The summed E-state index contributed by atoms with van der Waals surface area (Å²) in [6, 6.07) is 0.355. The highest BCUT2D eigenvalue weighted by Crippen LogP contribution is 2.52. The lowest BCUT2D eigenvalue weighted by molar-refractivity contribution is -0.118. The summed E-state index contributed by atoms with van der Waals surface area (Å²) in [6.45, 7) is 5.66. The van der Waals surface area contributed by atoms with Crippen molar-refractivity contribution in [3.05, 3.63) is 24.4 Å². The summed E-state index contributed by atoms with van der Waals surface area (Å²) in [5, 5.41) is 0. The van der Waals surface area contributed by atoms with Crippen molar-refractivity contribution in [2.75, 3.05) is 0 Å². The minimum absolute atomic E-state index is 0.0163. The van der Waals surface area contributed by atoms with Gasteiger partial charge >= 0.3 is 0 Å². The number of ketones is 1. The summed E-state index contributed by atoms with van der Waals surface area (Å²) < 4.78 is 0. The Balaban J connectivity index is 0.000000457. The van der Waals surface area contributed by atoms with Crippen molar-refractivity contribution < 1.29 is 4.79 Å². The Hall–Kier alpha value is -1.38. The van der Waals surface area contributed by atoms with E-state index in [2.05, 4.69) is 9.89 Å². The lowest BCUT2D eigenvalue weighted by Gasteiger charge is -2.27. The van der Waals surface area contributed by atoms with Gasteiger partial charge in [-0.05, 0) is 25.5 Å². The van der Waals surface area contributed by atoms with Crippen LogP contribution in [0.4, 0.5) is 0 Å². The summed E-state index contributed by atoms with van der Waals surface area (Å²) in [7, 11) is 0. The average Bonchev–Trinajstić information content (AvgIpc) is 2.87. The molecule has 0 amide bonds. The van der Waals surface area contributed by atoms with Crippen LogP contribution in [0.5, 0.6) is 0 Å². The van der Waals surface area contributed by atoms with Gasteiger partial charge in [-0.15, -0.1) is 0 Å². The van der Waals surface area contributed by atoms with Gasteiger partial charge in [0.05, 0.1) is 11.6 Å². The molecular weight excluding hydrogens is 200 g/mol. The quantitative estimate of drug-likeness (QED) is 0.712. The molecular formula is C13H18N2O. The van der Waals surface area contributed by atoms with Crippen LogP contribution in [-0.2, 0) is 4.79 Å². The molecule has 3 rings (SSSR count). The topological polar surface area (TPSA) is 32.7 Å². The van der Waals surface area contributed by atoms with E-state index in [1.54, 1.807) is 6.92 Å². The molecule has 0 saturated heterocycles. The van der Waals surface area contributed by atoms with Gasteiger partial charge in [0.25, 0.3) is 0 Å². The van der Waals surface area contributed by atoms with E-state index in [0.717, 1.165) is 12.3 Å². The Morgan fingerprint density at radius 1 is 1.56 bits per heavy atom. The molecule has 1 fully saturated rings. The molecule has 0 aromatic heterocycles. The van der Waals surface area contributed by atoms with E-state index in [9.17, 15) is 4.79 Å². The molecule has 0 radical (unpaired) electrons. The summed E-state index contributed by atoms with van der Waals surface area (Å²) in [5.41, 5.74) is 0.0163. The van der Waals surface area contributed by atoms with Crippen LogP contribution in [0.3, 0.4) is 0 Å². The number of carbonyl (C=O) groups is 1. The Morgan fingerprint density at radius 3 is 3.00 bits per heavy atom. The zero-order valence-corrected chi connectivity index (χ0v) is 10.1. The molecule has 3 nitrogen and oxygen atoms in total. The van der Waals surface area contributed by atoms with Gasteiger partial charge in [0.15, 0.2) is 0 Å². The van der Waals surface area contributed by atoms with Crippen molar-refractivity contribution in [2.24, 2.45) is 4.99 Å². The summed E-state index contributed by atoms with van der Waals surface area (Å²) in [5.74, 6) is 1.27. The van der Waals surface area contributed by atoms with Crippen molar-refractivity contribution in [2.45, 2.75) is 45.2 Å².